The lowest BCUT2D eigenvalue weighted by Gasteiger charge is -2.27. The number of hydrogen-bond donors (Lipinski definition) is 2. The van der Waals surface area contributed by atoms with Gasteiger partial charge in [-0.2, -0.15) is 5.10 Å². The van der Waals surface area contributed by atoms with Crippen molar-refractivity contribution in [3.05, 3.63) is 16.8 Å². The summed E-state index contributed by atoms with van der Waals surface area (Å²) in [6.07, 6.45) is 3.59. The highest BCUT2D eigenvalue weighted by Crippen LogP contribution is 2.19. The first-order chi connectivity index (χ1) is 6.27. The highest BCUT2D eigenvalue weighted by atomic mass is 16.1. The Balaban J connectivity index is 2.17. The van der Waals surface area contributed by atoms with E-state index < -0.39 is 0 Å². The minimum atomic E-state index is -0.0981. The fourth-order valence-corrected chi connectivity index (χ4v) is 1.87. The zero-order valence-electron chi connectivity index (χ0n) is 7.66. The maximum absolute atomic E-state index is 11.2. The van der Waals surface area contributed by atoms with Crippen molar-refractivity contribution in [2.45, 2.75) is 31.8 Å². The van der Waals surface area contributed by atoms with Crippen LogP contribution in [0.25, 0.3) is 0 Å². The molecule has 2 heterocycles. The smallest absolute Gasteiger partial charge is 0.314 e. The van der Waals surface area contributed by atoms with Gasteiger partial charge in [-0.25, -0.2) is 9.89 Å². The van der Waals surface area contributed by atoms with E-state index in [0.29, 0.717) is 12.1 Å². The molecule has 0 radical (unpaired) electrons. The van der Waals surface area contributed by atoms with Gasteiger partial charge in [0.2, 0.25) is 0 Å². The maximum atomic E-state index is 11.2. The summed E-state index contributed by atoms with van der Waals surface area (Å²) in [5, 5.41) is 9.49. The molecule has 0 spiro atoms. The van der Waals surface area contributed by atoms with Crippen LogP contribution in [0.4, 0.5) is 0 Å². The molecular weight excluding hydrogens is 168 g/mol. The molecule has 0 bridgehead atoms. The minimum absolute atomic E-state index is 0.0981. The Bertz CT molecular complexity index is 329. The SMILES string of the molecule is CC1CC(n2cn[nH]c2=O)CCN1. The van der Waals surface area contributed by atoms with Crippen molar-refractivity contribution >= 4 is 0 Å². The van der Waals surface area contributed by atoms with Crippen molar-refractivity contribution in [2.75, 3.05) is 6.54 Å². The molecule has 2 unspecified atom stereocenters. The zero-order valence-corrected chi connectivity index (χ0v) is 7.66. The van der Waals surface area contributed by atoms with E-state index >= 15 is 0 Å². The number of H-pyrrole nitrogens is 1. The number of rotatable bonds is 1. The summed E-state index contributed by atoms with van der Waals surface area (Å²) >= 11 is 0. The summed E-state index contributed by atoms with van der Waals surface area (Å²) < 4.78 is 1.69. The van der Waals surface area contributed by atoms with Gasteiger partial charge >= 0.3 is 5.69 Å². The van der Waals surface area contributed by atoms with E-state index in [-0.39, 0.29) is 5.69 Å². The molecule has 1 saturated heterocycles. The fourth-order valence-electron chi connectivity index (χ4n) is 1.87. The van der Waals surface area contributed by atoms with E-state index in [9.17, 15) is 4.79 Å². The van der Waals surface area contributed by atoms with Gasteiger partial charge in [-0.1, -0.05) is 0 Å². The summed E-state index contributed by atoms with van der Waals surface area (Å²) in [6, 6.07) is 0.794. The molecule has 13 heavy (non-hydrogen) atoms. The molecule has 1 aliphatic heterocycles. The third kappa shape index (κ3) is 1.65. The molecule has 1 aliphatic rings. The largest absolute Gasteiger partial charge is 0.343 e. The monoisotopic (exact) mass is 182 g/mol. The topological polar surface area (TPSA) is 62.7 Å². The molecular formula is C8H14N4O. The third-order valence-corrected chi connectivity index (χ3v) is 2.57. The molecule has 2 N–H and O–H groups in total. The Morgan fingerprint density at radius 3 is 3.15 bits per heavy atom. The van der Waals surface area contributed by atoms with Crippen molar-refractivity contribution in [2.24, 2.45) is 0 Å². The van der Waals surface area contributed by atoms with Crippen molar-refractivity contribution in [3.8, 4) is 0 Å². The fraction of sp³-hybridized carbons (Fsp3) is 0.750. The van der Waals surface area contributed by atoms with Crippen LogP contribution in [0.1, 0.15) is 25.8 Å². The van der Waals surface area contributed by atoms with Gasteiger partial charge in [0, 0.05) is 12.1 Å². The van der Waals surface area contributed by atoms with Crippen molar-refractivity contribution in [1.82, 2.24) is 20.1 Å². The summed E-state index contributed by atoms with van der Waals surface area (Å²) in [7, 11) is 0. The lowest BCUT2D eigenvalue weighted by molar-refractivity contribution is 0.308. The molecule has 1 aromatic rings. The number of piperidine rings is 1. The first-order valence-corrected chi connectivity index (χ1v) is 4.62. The molecule has 0 aliphatic carbocycles. The quantitative estimate of drug-likeness (QED) is 0.636. The number of nitrogens with one attached hydrogen (secondary N) is 2. The summed E-state index contributed by atoms with van der Waals surface area (Å²) in [5.74, 6) is 0. The highest BCUT2D eigenvalue weighted by molar-refractivity contribution is 4.82. The van der Waals surface area contributed by atoms with Crippen LogP contribution >= 0.6 is 0 Å². The molecule has 0 saturated carbocycles. The van der Waals surface area contributed by atoms with Crippen LogP contribution in [-0.2, 0) is 0 Å². The van der Waals surface area contributed by atoms with Gasteiger partial charge in [0.15, 0.2) is 0 Å². The van der Waals surface area contributed by atoms with Crippen LogP contribution in [0.5, 0.6) is 0 Å². The first kappa shape index (κ1) is 8.50. The van der Waals surface area contributed by atoms with Crippen molar-refractivity contribution in [3.63, 3.8) is 0 Å². The molecule has 2 atom stereocenters. The predicted molar refractivity (Wildman–Crippen MR) is 48.6 cm³/mol. The molecule has 5 nitrogen and oxygen atoms in total. The van der Waals surface area contributed by atoms with Crippen LogP contribution < -0.4 is 11.0 Å². The summed E-state index contributed by atoms with van der Waals surface area (Å²) in [6.45, 7) is 3.11. The Labute approximate surface area is 76.2 Å². The van der Waals surface area contributed by atoms with E-state index in [4.69, 9.17) is 0 Å². The Kier molecular flexibility index (Phi) is 2.18. The normalized spacial score (nSPS) is 29.0. The van der Waals surface area contributed by atoms with Gasteiger partial charge in [-0.3, -0.25) is 4.57 Å². The van der Waals surface area contributed by atoms with Gasteiger partial charge in [-0.15, -0.1) is 0 Å². The average molecular weight is 182 g/mol. The second-order valence-electron chi connectivity index (χ2n) is 3.60. The van der Waals surface area contributed by atoms with E-state index in [1.165, 1.54) is 0 Å². The van der Waals surface area contributed by atoms with Crippen molar-refractivity contribution < 1.29 is 0 Å². The van der Waals surface area contributed by atoms with Gasteiger partial charge < -0.3 is 5.32 Å². The van der Waals surface area contributed by atoms with Crippen LogP contribution in [0.2, 0.25) is 0 Å². The molecule has 1 aromatic heterocycles. The van der Waals surface area contributed by atoms with E-state index in [1.807, 2.05) is 0 Å². The minimum Gasteiger partial charge on any atom is -0.314 e. The highest BCUT2D eigenvalue weighted by Gasteiger charge is 2.20. The second-order valence-corrected chi connectivity index (χ2v) is 3.60. The van der Waals surface area contributed by atoms with Crippen LogP contribution in [0.3, 0.4) is 0 Å². The van der Waals surface area contributed by atoms with Gasteiger partial charge in [0.05, 0.1) is 0 Å². The number of hydrogen-bond acceptors (Lipinski definition) is 3. The maximum Gasteiger partial charge on any atom is 0.343 e. The predicted octanol–water partition coefficient (Wildman–Crippen LogP) is -0.116. The molecule has 2 rings (SSSR count). The molecule has 72 valence electrons. The van der Waals surface area contributed by atoms with E-state index in [2.05, 4.69) is 22.4 Å². The van der Waals surface area contributed by atoms with E-state index in [1.54, 1.807) is 10.9 Å². The number of nitrogens with zero attached hydrogens (tertiary/aromatic N) is 2. The summed E-state index contributed by atoms with van der Waals surface area (Å²) in [5.41, 5.74) is -0.0981. The standard InChI is InChI=1S/C8H14N4O/c1-6-4-7(2-3-9-6)12-5-10-11-8(12)13/h5-7,9H,2-4H2,1H3,(H,11,13). The van der Waals surface area contributed by atoms with Gasteiger partial charge in [0.25, 0.3) is 0 Å². The zero-order chi connectivity index (χ0) is 9.26. The molecule has 1 fully saturated rings. The van der Waals surface area contributed by atoms with Crippen LogP contribution in [-0.4, -0.2) is 27.4 Å². The van der Waals surface area contributed by atoms with Crippen LogP contribution in [0, 0.1) is 0 Å². The molecule has 0 amide bonds. The summed E-state index contributed by atoms with van der Waals surface area (Å²) in [4.78, 5) is 11.2. The first-order valence-electron chi connectivity index (χ1n) is 4.62. The second kappa shape index (κ2) is 3.33. The molecule has 5 heteroatoms. The number of aromatic nitrogens is 3. The number of aromatic amines is 1. The van der Waals surface area contributed by atoms with Gasteiger partial charge in [-0.05, 0) is 26.3 Å². The third-order valence-electron chi connectivity index (χ3n) is 2.57. The Morgan fingerprint density at radius 2 is 2.54 bits per heavy atom. The van der Waals surface area contributed by atoms with E-state index in [0.717, 1.165) is 19.4 Å². The van der Waals surface area contributed by atoms with Gasteiger partial charge in [0.1, 0.15) is 6.33 Å². The molecule has 0 aromatic carbocycles. The lowest BCUT2D eigenvalue weighted by atomic mass is 10.0. The Hall–Kier alpha value is -1.10. The Morgan fingerprint density at radius 1 is 1.69 bits per heavy atom. The van der Waals surface area contributed by atoms with Crippen molar-refractivity contribution in [1.29, 1.82) is 0 Å². The lowest BCUT2D eigenvalue weighted by Crippen LogP contribution is -2.38. The average Bonchev–Trinajstić information content (AvgIpc) is 2.51. The van der Waals surface area contributed by atoms with Crippen LogP contribution in [0.15, 0.2) is 11.1 Å².